The number of nitrogens with two attached hydrogens (primary N) is 1. The Morgan fingerprint density at radius 1 is 1.23 bits per heavy atom. The molecule has 1 rings (SSSR count). The third-order valence-corrected chi connectivity index (χ3v) is 2.39. The van der Waals surface area contributed by atoms with Gasteiger partial charge in [0, 0.05) is 8.95 Å². The maximum atomic E-state index is 12.2. The second-order valence-corrected chi connectivity index (χ2v) is 4.29. The fourth-order valence-corrected chi connectivity index (χ4v) is 2.21. The molecular weight excluding hydrogens is 324 g/mol. The van der Waals surface area contributed by atoms with Crippen molar-refractivity contribution in [1.82, 2.24) is 0 Å². The number of benzene rings is 1. The SMILES string of the molecule is Cl.N[C@@H](CF)c1cc(Br)cc(Br)c1. The number of hydrogen-bond acceptors (Lipinski definition) is 1. The second-order valence-electron chi connectivity index (χ2n) is 2.46. The van der Waals surface area contributed by atoms with Gasteiger partial charge >= 0.3 is 0 Å². The van der Waals surface area contributed by atoms with Crippen LogP contribution in [0.5, 0.6) is 0 Å². The van der Waals surface area contributed by atoms with Crippen LogP contribution >= 0.6 is 44.3 Å². The molecule has 0 spiro atoms. The van der Waals surface area contributed by atoms with Crippen molar-refractivity contribution in [3.8, 4) is 0 Å². The van der Waals surface area contributed by atoms with Crippen molar-refractivity contribution < 1.29 is 4.39 Å². The van der Waals surface area contributed by atoms with E-state index in [0.29, 0.717) is 0 Å². The van der Waals surface area contributed by atoms with E-state index in [-0.39, 0.29) is 12.4 Å². The molecule has 0 fully saturated rings. The minimum Gasteiger partial charge on any atom is -0.322 e. The normalized spacial score (nSPS) is 12.0. The van der Waals surface area contributed by atoms with Crippen LogP contribution in [0.25, 0.3) is 0 Å². The predicted octanol–water partition coefficient (Wildman–Crippen LogP) is 3.60. The summed E-state index contributed by atoms with van der Waals surface area (Å²) in [5, 5.41) is 0. The van der Waals surface area contributed by atoms with Gasteiger partial charge in [0.05, 0.1) is 6.04 Å². The fourth-order valence-electron chi connectivity index (χ4n) is 0.878. The zero-order chi connectivity index (χ0) is 9.14. The van der Waals surface area contributed by atoms with E-state index in [1.807, 2.05) is 18.2 Å². The van der Waals surface area contributed by atoms with E-state index in [1.54, 1.807) is 0 Å². The summed E-state index contributed by atoms with van der Waals surface area (Å²) in [4.78, 5) is 0. The number of alkyl halides is 1. The predicted molar refractivity (Wildman–Crippen MR) is 62.0 cm³/mol. The summed E-state index contributed by atoms with van der Waals surface area (Å²) in [7, 11) is 0. The first-order valence-electron chi connectivity index (χ1n) is 3.41. The molecule has 0 unspecified atom stereocenters. The zero-order valence-corrected chi connectivity index (χ0v) is 10.6. The maximum Gasteiger partial charge on any atom is 0.109 e. The van der Waals surface area contributed by atoms with Crippen molar-refractivity contribution in [1.29, 1.82) is 0 Å². The van der Waals surface area contributed by atoms with Gasteiger partial charge in [0.25, 0.3) is 0 Å². The molecule has 0 saturated heterocycles. The topological polar surface area (TPSA) is 26.0 Å². The van der Waals surface area contributed by atoms with Crippen LogP contribution in [0.1, 0.15) is 11.6 Å². The lowest BCUT2D eigenvalue weighted by molar-refractivity contribution is 0.437. The summed E-state index contributed by atoms with van der Waals surface area (Å²) in [6.45, 7) is -0.539. The molecule has 0 heterocycles. The van der Waals surface area contributed by atoms with Gasteiger partial charge in [-0.15, -0.1) is 12.4 Å². The minimum atomic E-state index is -0.539. The summed E-state index contributed by atoms with van der Waals surface area (Å²) >= 11 is 6.60. The van der Waals surface area contributed by atoms with E-state index in [4.69, 9.17) is 5.73 Å². The Labute approximate surface area is 99.6 Å². The monoisotopic (exact) mass is 331 g/mol. The van der Waals surface area contributed by atoms with Gasteiger partial charge in [-0.3, -0.25) is 0 Å². The lowest BCUT2D eigenvalue weighted by atomic mass is 10.1. The van der Waals surface area contributed by atoms with Crippen LogP contribution in [0.2, 0.25) is 0 Å². The molecule has 1 aromatic carbocycles. The summed E-state index contributed by atoms with van der Waals surface area (Å²) in [5.41, 5.74) is 6.31. The van der Waals surface area contributed by atoms with Gasteiger partial charge < -0.3 is 5.73 Å². The Bertz CT molecular complexity index is 263. The highest BCUT2D eigenvalue weighted by atomic mass is 79.9. The Morgan fingerprint density at radius 2 is 1.69 bits per heavy atom. The second kappa shape index (κ2) is 5.96. The van der Waals surface area contributed by atoms with E-state index < -0.39 is 12.7 Å². The van der Waals surface area contributed by atoms with E-state index in [2.05, 4.69) is 31.9 Å². The number of rotatable bonds is 2. The summed E-state index contributed by atoms with van der Waals surface area (Å²) < 4.78 is 14.0. The molecule has 0 aliphatic rings. The molecule has 0 aliphatic carbocycles. The summed E-state index contributed by atoms with van der Waals surface area (Å²) in [6.07, 6.45) is 0. The van der Waals surface area contributed by atoms with E-state index in [9.17, 15) is 4.39 Å². The molecule has 5 heteroatoms. The largest absolute Gasteiger partial charge is 0.322 e. The van der Waals surface area contributed by atoms with Crippen molar-refractivity contribution in [2.75, 3.05) is 6.67 Å². The quantitative estimate of drug-likeness (QED) is 0.879. The number of hydrogen-bond donors (Lipinski definition) is 1. The van der Waals surface area contributed by atoms with Gasteiger partial charge in [-0.05, 0) is 23.8 Å². The molecule has 0 bridgehead atoms. The standard InChI is InChI=1S/C8H8Br2FN.ClH/c9-6-1-5(8(12)4-11)2-7(10)3-6;/h1-3,8H,4,12H2;1H/t8-;/m0./s1. The molecule has 0 aromatic heterocycles. The average Bonchev–Trinajstić information content (AvgIpc) is 2.01. The molecule has 74 valence electrons. The van der Waals surface area contributed by atoms with Crippen LogP contribution in [0, 0.1) is 0 Å². The van der Waals surface area contributed by atoms with Gasteiger partial charge in [-0.1, -0.05) is 31.9 Å². The van der Waals surface area contributed by atoms with Gasteiger partial charge in [-0.25, -0.2) is 4.39 Å². The van der Waals surface area contributed by atoms with Crippen LogP contribution in [0.3, 0.4) is 0 Å². The van der Waals surface area contributed by atoms with Gasteiger partial charge in [0.2, 0.25) is 0 Å². The van der Waals surface area contributed by atoms with Gasteiger partial charge in [0.1, 0.15) is 6.67 Å². The van der Waals surface area contributed by atoms with E-state index >= 15 is 0 Å². The smallest absolute Gasteiger partial charge is 0.109 e. The highest BCUT2D eigenvalue weighted by Gasteiger charge is 2.06. The van der Waals surface area contributed by atoms with Crippen molar-refractivity contribution in [2.45, 2.75) is 6.04 Å². The molecule has 2 N–H and O–H groups in total. The lowest BCUT2D eigenvalue weighted by Gasteiger charge is -2.08. The van der Waals surface area contributed by atoms with Gasteiger partial charge in [-0.2, -0.15) is 0 Å². The van der Waals surface area contributed by atoms with Crippen LogP contribution in [-0.4, -0.2) is 6.67 Å². The molecule has 0 radical (unpaired) electrons. The van der Waals surface area contributed by atoms with E-state index in [1.165, 1.54) is 0 Å². The Kier molecular flexibility index (Phi) is 6.12. The molecule has 0 saturated carbocycles. The summed E-state index contributed by atoms with van der Waals surface area (Å²) in [6, 6.07) is 4.98. The third kappa shape index (κ3) is 3.94. The zero-order valence-electron chi connectivity index (χ0n) is 6.64. The molecule has 1 nitrogen and oxygen atoms in total. The number of halogens is 4. The Balaban J connectivity index is 0.00000144. The van der Waals surface area contributed by atoms with Crippen LogP contribution < -0.4 is 5.73 Å². The first kappa shape index (κ1) is 13.4. The average molecular weight is 333 g/mol. The van der Waals surface area contributed by atoms with Crippen LogP contribution in [0.15, 0.2) is 27.1 Å². The molecule has 1 aromatic rings. The van der Waals surface area contributed by atoms with Crippen molar-refractivity contribution in [3.63, 3.8) is 0 Å². The fraction of sp³-hybridized carbons (Fsp3) is 0.250. The lowest BCUT2D eigenvalue weighted by Crippen LogP contribution is -2.11. The van der Waals surface area contributed by atoms with E-state index in [0.717, 1.165) is 14.5 Å². The van der Waals surface area contributed by atoms with Crippen molar-refractivity contribution >= 4 is 44.3 Å². The first-order valence-corrected chi connectivity index (χ1v) is 4.99. The molecule has 1 atom stereocenters. The molecule has 0 aliphatic heterocycles. The Morgan fingerprint density at radius 3 is 2.08 bits per heavy atom. The molecular formula is C8H9Br2ClFN. The van der Waals surface area contributed by atoms with Crippen molar-refractivity contribution in [2.24, 2.45) is 5.73 Å². The highest BCUT2D eigenvalue weighted by Crippen LogP contribution is 2.23. The Hall–Kier alpha value is 0.360. The maximum absolute atomic E-state index is 12.2. The van der Waals surface area contributed by atoms with Crippen LogP contribution in [0.4, 0.5) is 4.39 Å². The molecule has 13 heavy (non-hydrogen) atoms. The minimum absolute atomic E-state index is 0. The molecule has 0 amide bonds. The van der Waals surface area contributed by atoms with Gasteiger partial charge in [0.15, 0.2) is 0 Å². The third-order valence-electron chi connectivity index (χ3n) is 1.48. The highest BCUT2D eigenvalue weighted by molar-refractivity contribution is 9.11. The first-order chi connectivity index (χ1) is 5.63. The summed E-state index contributed by atoms with van der Waals surface area (Å²) in [5.74, 6) is 0. The van der Waals surface area contributed by atoms with Crippen LogP contribution in [-0.2, 0) is 0 Å². The van der Waals surface area contributed by atoms with Crippen molar-refractivity contribution in [3.05, 3.63) is 32.7 Å².